The molecule has 0 bridgehead atoms. The van der Waals surface area contributed by atoms with Crippen LogP contribution in [0.5, 0.6) is 0 Å². The molecule has 200 valence electrons. The molecule has 0 aliphatic heterocycles. The third-order valence-electron chi connectivity index (χ3n) is 9.89. The minimum Gasteiger partial charge on any atom is -0.135 e. The number of fused-ring (bicyclic) bond motifs is 6. The van der Waals surface area contributed by atoms with Crippen molar-refractivity contribution in [2.24, 2.45) is 11.8 Å². The van der Waals surface area contributed by atoms with Gasteiger partial charge in [0.05, 0.1) is 0 Å². The van der Waals surface area contributed by atoms with Gasteiger partial charge < -0.3 is 0 Å². The lowest BCUT2D eigenvalue weighted by Gasteiger charge is -2.42. The van der Waals surface area contributed by atoms with E-state index < -0.39 is 0 Å². The minimum absolute atomic E-state index is 0.316. The summed E-state index contributed by atoms with van der Waals surface area (Å²) in [5, 5.41) is 7.97. The Bertz CT molecular complexity index is 2450. The number of rotatable bonds is 2. The van der Waals surface area contributed by atoms with Crippen molar-refractivity contribution in [1.82, 2.24) is 0 Å². The summed E-state index contributed by atoms with van der Waals surface area (Å²) in [4.78, 5) is 0. The average molecular weight is 563 g/mol. The van der Waals surface area contributed by atoms with Gasteiger partial charge in [-0.2, -0.15) is 0 Å². The molecule has 0 spiro atoms. The summed E-state index contributed by atoms with van der Waals surface area (Å²) < 4.78 is 2.71. The molecule has 0 fully saturated rings. The maximum absolute atomic E-state index is 2.42. The summed E-state index contributed by atoms with van der Waals surface area (Å²) in [6.07, 6.45) is 19.0. The molecule has 1 heteroatoms. The van der Waals surface area contributed by atoms with Crippen LogP contribution in [-0.2, 0) is 0 Å². The molecule has 43 heavy (non-hydrogen) atoms. The van der Waals surface area contributed by atoms with Crippen LogP contribution in [0.25, 0.3) is 52.9 Å². The Morgan fingerprint density at radius 2 is 1.21 bits per heavy atom. The van der Waals surface area contributed by atoms with E-state index in [0.29, 0.717) is 11.8 Å². The molecule has 0 radical (unpaired) electrons. The molecule has 2 unspecified atom stereocenters. The smallest absolute Gasteiger partial charge is 0.0355 e. The summed E-state index contributed by atoms with van der Waals surface area (Å²) in [6.45, 7) is 0. The van der Waals surface area contributed by atoms with Gasteiger partial charge in [0, 0.05) is 32.0 Å². The van der Waals surface area contributed by atoms with E-state index in [4.69, 9.17) is 0 Å². The van der Waals surface area contributed by atoms with Crippen molar-refractivity contribution in [3.05, 3.63) is 179 Å². The van der Waals surface area contributed by atoms with Gasteiger partial charge in [0.1, 0.15) is 0 Å². The Morgan fingerprint density at radius 1 is 0.488 bits per heavy atom. The van der Waals surface area contributed by atoms with Gasteiger partial charge in [0.15, 0.2) is 0 Å². The predicted molar refractivity (Wildman–Crippen MR) is 185 cm³/mol. The molecule has 5 aromatic carbocycles. The lowest BCUT2D eigenvalue weighted by Crippen LogP contribution is -2.30. The molecule has 0 amide bonds. The van der Waals surface area contributed by atoms with Gasteiger partial charge in [-0.15, -0.1) is 11.3 Å². The Morgan fingerprint density at radius 3 is 2.14 bits per heavy atom. The van der Waals surface area contributed by atoms with E-state index in [2.05, 4.69) is 146 Å². The van der Waals surface area contributed by atoms with E-state index in [9.17, 15) is 0 Å². The number of allylic oxidation sites excluding steroid dienone is 14. The lowest BCUT2D eigenvalue weighted by molar-refractivity contribution is 0.569. The number of hydrogen-bond acceptors (Lipinski definition) is 1. The number of thiophene rings is 1. The van der Waals surface area contributed by atoms with Crippen LogP contribution in [0.15, 0.2) is 168 Å². The quantitative estimate of drug-likeness (QED) is 0.184. The summed E-state index contributed by atoms with van der Waals surface area (Å²) in [5.41, 5.74) is 11.0. The van der Waals surface area contributed by atoms with Crippen molar-refractivity contribution >= 4 is 64.2 Å². The Labute approximate surface area is 254 Å². The standard InChI is InChI=1S/C42H26S/c1-2-8-29-27(7-1)23-37(32-10-4-3-9-31(29)32)33-19-14-26-15-20-35-30(18-13-25-16-21-36(33)42(26)41(25)35)28-17-22-40-38(24-28)34-11-5-6-12-39(34)43-40/h1-24,41-42H. The van der Waals surface area contributed by atoms with Gasteiger partial charge in [-0.1, -0.05) is 121 Å². The molecule has 0 saturated carbocycles. The monoisotopic (exact) mass is 562 g/mol. The van der Waals surface area contributed by atoms with Crippen molar-refractivity contribution < 1.29 is 0 Å². The predicted octanol–water partition coefficient (Wildman–Crippen LogP) is 11.4. The summed E-state index contributed by atoms with van der Waals surface area (Å²) in [5.74, 6) is 0.637. The van der Waals surface area contributed by atoms with Crippen LogP contribution in [0.1, 0.15) is 11.1 Å². The van der Waals surface area contributed by atoms with Gasteiger partial charge in [-0.05, 0) is 90.4 Å². The van der Waals surface area contributed by atoms with Crippen LogP contribution in [0.3, 0.4) is 0 Å². The second kappa shape index (κ2) is 8.77. The molecular weight excluding hydrogens is 537 g/mol. The fourth-order valence-electron chi connectivity index (χ4n) is 7.95. The molecule has 0 nitrogen and oxygen atoms in total. The van der Waals surface area contributed by atoms with E-state index in [1.165, 1.54) is 86.3 Å². The number of hydrogen-bond donors (Lipinski definition) is 0. The first-order valence-corrected chi connectivity index (χ1v) is 15.9. The summed E-state index contributed by atoms with van der Waals surface area (Å²) in [6, 6.07) is 36.0. The highest BCUT2D eigenvalue weighted by Gasteiger charge is 2.40. The molecule has 2 atom stereocenters. The molecule has 4 aliphatic carbocycles. The first-order valence-electron chi connectivity index (χ1n) is 15.1. The van der Waals surface area contributed by atoms with Crippen LogP contribution >= 0.6 is 11.3 Å². The zero-order chi connectivity index (χ0) is 28.1. The highest BCUT2D eigenvalue weighted by Crippen LogP contribution is 2.54. The van der Waals surface area contributed by atoms with Crippen LogP contribution in [0.2, 0.25) is 0 Å². The van der Waals surface area contributed by atoms with E-state index in [1.54, 1.807) is 0 Å². The molecule has 6 aromatic rings. The van der Waals surface area contributed by atoms with E-state index >= 15 is 0 Å². The van der Waals surface area contributed by atoms with E-state index in [0.717, 1.165) is 0 Å². The Balaban J connectivity index is 1.15. The van der Waals surface area contributed by atoms with Crippen molar-refractivity contribution in [3.8, 4) is 0 Å². The second-order valence-electron chi connectivity index (χ2n) is 12.0. The topological polar surface area (TPSA) is 0 Å². The van der Waals surface area contributed by atoms with Gasteiger partial charge in [0.25, 0.3) is 0 Å². The van der Waals surface area contributed by atoms with Gasteiger partial charge in [0.2, 0.25) is 0 Å². The molecule has 1 heterocycles. The Hall–Kier alpha value is -4.98. The van der Waals surface area contributed by atoms with Gasteiger partial charge in [-0.25, -0.2) is 0 Å². The fourth-order valence-corrected chi connectivity index (χ4v) is 9.04. The highest BCUT2D eigenvalue weighted by atomic mass is 32.1. The maximum atomic E-state index is 2.42. The second-order valence-corrected chi connectivity index (χ2v) is 13.1. The van der Waals surface area contributed by atoms with Gasteiger partial charge in [-0.3, -0.25) is 0 Å². The maximum Gasteiger partial charge on any atom is 0.0355 e. The summed E-state index contributed by atoms with van der Waals surface area (Å²) >= 11 is 1.89. The third-order valence-corrected chi connectivity index (χ3v) is 11.0. The normalized spacial score (nSPS) is 20.4. The molecule has 0 saturated heterocycles. The molecule has 0 N–H and O–H groups in total. The van der Waals surface area contributed by atoms with Crippen molar-refractivity contribution in [1.29, 1.82) is 0 Å². The van der Waals surface area contributed by atoms with Gasteiger partial charge >= 0.3 is 0 Å². The zero-order valence-electron chi connectivity index (χ0n) is 23.4. The van der Waals surface area contributed by atoms with Crippen LogP contribution < -0.4 is 0 Å². The van der Waals surface area contributed by atoms with E-state index in [1.807, 2.05) is 11.3 Å². The number of benzene rings is 5. The first-order chi connectivity index (χ1) is 21.3. The van der Waals surface area contributed by atoms with Crippen molar-refractivity contribution in [2.75, 3.05) is 0 Å². The van der Waals surface area contributed by atoms with Crippen molar-refractivity contribution in [2.45, 2.75) is 0 Å². The van der Waals surface area contributed by atoms with E-state index in [-0.39, 0.29) is 0 Å². The zero-order valence-corrected chi connectivity index (χ0v) is 24.2. The molecule has 4 aliphatic rings. The fraction of sp³-hybridized carbons (Fsp3) is 0.0476. The molecular formula is C42H26S. The molecule has 1 aromatic heterocycles. The Kier molecular flexibility index (Phi) is 4.80. The van der Waals surface area contributed by atoms with Crippen LogP contribution in [0, 0.1) is 11.8 Å². The van der Waals surface area contributed by atoms with Crippen molar-refractivity contribution in [3.63, 3.8) is 0 Å². The molecule has 10 rings (SSSR count). The average Bonchev–Trinajstić information content (AvgIpc) is 3.45. The first kappa shape index (κ1) is 23.6. The largest absolute Gasteiger partial charge is 0.135 e. The van der Waals surface area contributed by atoms with Crippen LogP contribution in [0.4, 0.5) is 0 Å². The van der Waals surface area contributed by atoms with Crippen LogP contribution in [-0.4, -0.2) is 0 Å². The summed E-state index contributed by atoms with van der Waals surface area (Å²) in [7, 11) is 0. The SMILES string of the molecule is C1=CC2=C(c3cc4ccccc4c4ccccc34)C=CC3=CC=C4C(c5ccc6sc7ccccc7c6c5)=CC=C1C4C32. The third kappa shape index (κ3) is 3.32. The lowest BCUT2D eigenvalue weighted by atomic mass is 9.61. The highest BCUT2D eigenvalue weighted by molar-refractivity contribution is 7.25. The minimum atomic E-state index is 0.316.